The second-order valence-electron chi connectivity index (χ2n) is 15.7. The topological polar surface area (TPSA) is 48.3 Å². The minimum atomic E-state index is -0.447. The van der Waals surface area contributed by atoms with Gasteiger partial charge in [0.2, 0.25) is 0 Å². The third kappa shape index (κ3) is 2.82. The molecular formula is C37H43NO3. The van der Waals surface area contributed by atoms with Crippen molar-refractivity contribution in [2.75, 3.05) is 0 Å². The second kappa shape index (κ2) is 7.43. The van der Waals surface area contributed by atoms with Crippen LogP contribution in [0.4, 0.5) is 0 Å². The molecule has 2 fully saturated rings. The molecule has 0 radical (unpaired) electrons. The average molecular weight is 550 g/mol. The average Bonchev–Trinajstić information content (AvgIpc) is 3.56. The highest BCUT2D eigenvalue weighted by molar-refractivity contribution is 6.21. The normalized spacial score (nSPS) is 37.3. The molecule has 4 nitrogen and oxygen atoms in total. The van der Waals surface area contributed by atoms with E-state index >= 15 is 0 Å². The summed E-state index contributed by atoms with van der Waals surface area (Å²) in [4.78, 5) is 27.5. The lowest BCUT2D eigenvalue weighted by Crippen LogP contribution is -2.58. The summed E-state index contributed by atoms with van der Waals surface area (Å²) in [6.07, 6.45) is 9.42. The van der Waals surface area contributed by atoms with E-state index in [4.69, 9.17) is 4.74 Å². The standard InChI is InChI=1S/C37H43NO3/c1-18(2)30-32(40)29-22-16-27-25(17-34(4,5)41-35(27,6)7)21(22)15-23-24-14-20-10-11-26-19(3)28(39)12-13-36(26,8)37(20,9)33(24)38(30)31(23)29/h15-17,19-20,26,30H,1,10-14H2,2-9H3/t19-,20?,26?,30?,36+,37-/m1/s1. The Kier molecular flexibility index (Phi) is 4.70. The molecule has 0 saturated heterocycles. The van der Waals surface area contributed by atoms with E-state index in [9.17, 15) is 9.59 Å². The summed E-state index contributed by atoms with van der Waals surface area (Å²) < 4.78 is 8.96. The number of Topliss-reactive ketones (excluding diaryl/α,β-unsaturated/α-hetero) is 2. The third-order valence-corrected chi connectivity index (χ3v) is 12.8. The molecule has 0 amide bonds. The first-order valence-corrected chi connectivity index (χ1v) is 15.7. The van der Waals surface area contributed by atoms with E-state index in [1.54, 1.807) is 0 Å². The molecule has 2 aliphatic heterocycles. The maximum Gasteiger partial charge on any atom is 0.192 e. The van der Waals surface area contributed by atoms with Gasteiger partial charge in [0.05, 0.1) is 22.3 Å². The van der Waals surface area contributed by atoms with Crippen LogP contribution in [0.15, 0.2) is 29.9 Å². The van der Waals surface area contributed by atoms with Crippen molar-refractivity contribution < 1.29 is 14.3 Å². The third-order valence-electron chi connectivity index (χ3n) is 12.8. The molecule has 3 heterocycles. The van der Waals surface area contributed by atoms with E-state index in [1.807, 2.05) is 6.92 Å². The monoisotopic (exact) mass is 549 g/mol. The largest absolute Gasteiger partial charge is 0.361 e. The zero-order valence-corrected chi connectivity index (χ0v) is 26.0. The van der Waals surface area contributed by atoms with Crippen molar-refractivity contribution in [3.8, 4) is 0 Å². The summed E-state index contributed by atoms with van der Waals surface area (Å²) >= 11 is 0. The molecule has 41 heavy (non-hydrogen) atoms. The van der Waals surface area contributed by atoms with Crippen LogP contribution in [-0.2, 0) is 21.4 Å². The number of ether oxygens (including phenoxy) is 1. The summed E-state index contributed by atoms with van der Waals surface area (Å²) in [7, 11) is 0. The molecule has 1 aromatic carbocycles. The lowest BCUT2D eigenvalue weighted by Gasteiger charge is -2.60. The van der Waals surface area contributed by atoms with Gasteiger partial charge in [0.1, 0.15) is 11.8 Å². The molecule has 6 aliphatic rings. The molecule has 8 rings (SSSR count). The van der Waals surface area contributed by atoms with Gasteiger partial charge in [0, 0.05) is 28.8 Å². The summed E-state index contributed by atoms with van der Waals surface area (Å²) in [5.74, 6) is 1.63. The second-order valence-corrected chi connectivity index (χ2v) is 15.7. The lowest BCUT2D eigenvalue weighted by molar-refractivity contribution is -0.140. The molecule has 2 aromatic rings. The fourth-order valence-corrected chi connectivity index (χ4v) is 10.9. The van der Waals surface area contributed by atoms with E-state index in [0.717, 1.165) is 47.9 Å². The molecule has 214 valence electrons. The number of carbonyl (C=O) groups is 2. The summed E-state index contributed by atoms with van der Waals surface area (Å²) in [6, 6.07) is 2.04. The number of hydrogen-bond acceptors (Lipinski definition) is 3. The Bertz CT molecular complexity index is 1730. The SMILES string of the molecule is C=C(C)C1C(=O)c2c3c(cc4c5c(n1c24)[C@@]1(C)C(CCC2[C@@H](C)C(=O)CC[C@@]21C)C5)C1=CC(C)(C)OC(C)(C)C1=C3. The minimum absolute atomic E-state index is 0.0148. The maximum absolute atomic E-state index is 14.5. The molecular weight excluding hydrogens is 506 g/mol. The number of nitrogens with zero attached hydrogens (tertiary/aromatic N) is 1. The van der Waals surface area contributed by atoms with Gasteiger partial charge in [0.25, 0.3) is 0 Å². The highest BCUT2D eigenvalue weighted by atomic mass is 16.5. The van der Waals surface area contributed by atoms with Gasteiger partial charge in [0.15, 0.2) is 5.78 Å². The van der Waals surface area contributed by atoms with Crippen molar-refractivity contribution in [2.24, 2.45) is 23.2 Å². The van der Waals surface area contributed by atoms with Crippen molar-refractivity contribution in [3.63, 3.8) is 0 Å². The van der Waals surface area contributed by atoms with Crippen molar-refractivity contribution >= 4 is 34.1 Å². The van der Waals surface area contributed by atoms with E-state index in [1.165, 1.54) is 33.4 Å². The van der Waals surface area contributed by atoms with Gasteiger partial charge >= 0.3 is 0 Å². The van der Waals surface area contributed by atoms with Crippen LogP contribution < -0.4 is 0 Å². The zero-order chi connectivity index (χ0) is 29.2. The van der Waals surface area contributed by atoms with E-state index in [2.05, 4.69) is 77.8 Å². The predicted molar refractivity (Wildman–Crippen MR) is 164 cm³/mol. The number of aromatic nitrogens is 1. The molecule has 4 heteroatoms. The number of ketones is 2. The number of rotatable bonds is 1. The lowest BCUT2D eigenvalue weighted by atomic mass is 9.44. The number of benzene rings is 1. The Morgan fingerprint density at radius 2 is 1.83 bits per heavy atom. The van der Waals surface area contributed by atoms with Gasteiger partial charge in [-0.15, -0.1) is 0 Å². The van der Waals surface area contributed by atoms with Gasteiger partial charge in [-0.1, -0.05) is 32.9 Å². The van der Waals surface area contributed by atoms with E-state index < -0.39 is 11.2 Å². The highest BCUT2D eigenvalue weighted by Gasteiger charge is 2.65. The molecule has 0 bridgehead atoms. The van der Waals surface area contributed by atoms with E-state index in [0.29, 0.717) is 24.0 Å². The fraction of sp³-hybridized carbons (Fsp3) is 0.568. The Labute approximate surface area is 243 Å². The van der Waals surface area contributed by atoms with Gasteiger partial charge in [-0.3, -0.25) is 9.59 Å². The zero-order valence-electron chi connectivity index (χ0n) is 26.0. The van der Waals surface area contributed by atoms with Crippen LogP contribution in [-0.4, -0.2) is 27.3 Å². The molecule has 0 spiro atoms. The first kappa shape index (κ1) is 25.9. The Hall–Kier alpha value is -2.72. The van der Waals surface area contributed by atoms with Crippen molar-refractivity contribution in [3.05, 3.63) is 57.8 Å². The smallest absolute Gasteiger partial charge is 0.192 e. The van der Waals surface area contributed by atoms with Crippen LogP contribution in [0.2, 0.25) is 0 Å². The van der Waals surface area contributed by atoms with Crippen LogP contribution in [0.3, 0.4) is 0 Å². The number of fused-ring (bicyclic) bond motifs is 11. The number of carbonyl (C=O) groups excluding carboxylic acids is 2. The fourth-order valence-electron chi connectivity index (χ4n) is 10.9. The summed E-state index contributed by atoms with van der Waals surface area (Å²) in [5.41, 5.74) is 9.43. The molecule has 0 N–H and O–H groups in total. The first-order valence-electron chi connectivity index (χ1n) is 15.7. The maximum atomic E-state index is 14.5. The molecule has 1 aromatic heterocycles. The Morgan fingerprint density at radius 3 is 2.54 bits per heavy atom. The highest BCUT2D eigenvalue weighted by Crippen LogP contribution is 2.69. The molecule has 3 unspecified atom stereocenters. The first-order chi connectivity index (χ1) is 19.1. The Balaban J connectivity index is 1.45. The van der Waals surface area contributed by atoms with Gasteiger partial charge in [-0.2, -0.15) is 0 Å². The molecule has 2 saturated carbocycles. The van der Waals surface area contributed by atoms with Crippen molar-refractivity contribution in [1.29, 1.82) is 0 Å². The van der Waals surface area contributed by atoms with Crippen LogP contribution in [0, 0.1) is 23.2 Å². The number of allylic oxidation sites excluding steroid dienone is 1. The minimum Gasteiger partial charge on any atom is -0.361 e. The quantitative estimate of drug-likeness (QED) is 0.337. The Morgan fingerprint density at radius 1 is 1.10 bits per heavy atom. The van der Waals surface area contributed by atoms with Crippen LogP contribution >= 0.6 is 0 Å². The molecule has 4 aliphatic carbocycles. The van der Waals surface area contributed by atoms with Crippen LogP contribution in [0.5, 0.6) is 0 Å². The van der Waals surface area contributed by atoms with Gasteiger partial charge in [-0.05, 0) is 124 Å². The summed E-state index contributed by atoms with van der Waals surface area (Å²) in [6.45, 7) is 22.1. The van der Waals surface area contributed by atoms with Gasteiger partial charge < -0.3 is 9.30 Å². The van der Waals surface area contributed by atoms with Crippen LogP contribution in [0.25, 0.3) is 22.6 Å². The van der Waals surface area contributed by atoms with E-state index in [-0.39, 0.29) is 28.6 Å². The molecule has 6 atom stereocenters. The predicted octanol–water partition coefficient (Wildman–Crippen LogP) is 8.17. The van der Waals surface area contributed by atoms with Crippen molar-refractivity contribution in [2.45, 2.75) is 110 Å². The van der Waals surface area contributed by atoms with Crippen molar-refractivity contribution in [1.82, 2.24) is 4.57 Å². The summed E-state index contributed by atoms with van der Waals surface area (Å²) in [5, 5.41) is 1.26. The van der Waals surface area contributed by atoms with Gasteiger partial charge in [-0.25, -0.2) is 0 Å². The van der Waals surface area contributed by atoms with Crippen LogP contribution in [0.1, 0.15) is 120 Å². The number of hydrogen-bond donors (Lipinski definition) is 0.